The molecule has 1 saturated carbocycles. The van der Waals surface area contributed by atoms with Crippen LogP contribution >= 0.6 is 0 Å². The van der Waals surface area contributed by atoms with E-state index in [9.17, 15) is 14.4 Å². The van der Waals surface area contributed by atoms with Crippen molar-refractivity contribution in [3.05, 3.63) is 53.9 Å². The lowest BCUT2D eigenvalue weighted by molar-refractivity contribution is -0.122. The van der Waals surface area contributed by atoms with Crippen LogP contribution in [-0.4, -0.2) is 47.9 Å². The molecule has 2 heterocycles. The van der Waals surface area contributed by atoms with Gasteiger partial charge in [-0.15, -0.1) is 0 Å². The number of carbonyl (C=O) groups excluding carboxylic acids is 3. The molecule has 2 aliphatic rings. The van der Waals surface area contributed by atoms with Crippen LogP contribution in [0.2, 0.25) is 0 Å². The fourth-order valence-electron chi connectivity index (χ4n) is 4.11. The van der Waals surface area contributed by atoms with E-state index in [2.05, 4.69) is 36.4 Å². The first kappa shape index (κ1) is 24.9. The SMILES string of the molecule is CC(NC(=O)c1ccc2c(c1)N(C(=O)CNC(C)C(C)(C)C)CC(=O)N2C1CC1)c1cccnc1. The van der Waals surface area contributed by atoms with Crippen LogP contribution in [0.15, 0.2) is 42.7 Å². The minimum atomic E-state index is -0.245. The molecular formula is C27H35N5O3. The summed E-state index contributed by atoms with van der Waals surface area (Å²) in [6.45, 7) is 10.4. The molecule has 35 heavy (non-hydrogen) atoms. The first-order valence-electron chi connectivity index (χ1n) is 12.3. The van der Waals surface area contributed by atoms with Crippen LogP contribution in [-0.2, 0) is 9.59 Å². The van der Waals surface area contributed by atoms with Crippen molar-refractivity contribution < 1.29 is 14.4 Å². The smallest absolute Gasteiger partial charge is 0.251 e. The normalized spacial score (nSPS) is 17.6. The Bertz CT molecular complexity index is 1110. The second-order valence-electron chi connectivity index (χ2n) is 10.6. The van der Waals surface area contributed by atoms with Crippen LogP contribution < -0.4 is 20.4 Å². The molecule has 3 amide bonds. The summed E-state index contributed by atoms with van der Waals surface area (Å²) in [7, 11) is 0. The number of benzene rings is 1. The molecule has 2 unspecified atom stereocenters. The summed E-state index contributed by atoms with van der Waals surface area (Å²) in [5, 5.41) is 6.29. The first-order chi connectivity index (χ1) is 16.6. The predicted molar refractivity (Wildman–Crippen MR) is 136 cm³/mol. The molecule has 1 aromatic carbocycles. The highest BCUT2D eigenvalue weighted by atomic mass is 16.2. The Morgan fingerprint density at radius 1 is 1.14 bits per heavy atom. The van der Waals surface area contributed by atoms with Crippen LogP contribution in [0.3, 0.4) is 0 Å². The summed E-state index contributed by atoms with van der Waals surface area (Å²) >= 11 is 0. The molecule has 1 aliphatic carbocycles. The average molecular weight is 478 g/mol. The fourth-order valence-corrected chi connectivity index (χ4v) is 4.11. The number of rotatable bonds is 7. The number of carbonyl (C=O) groups is 3. The molecule has 0 bridgehead atoms. The monoisotopic (exact) mass is 477 g/mol. The van der Waals surface area contributed by atoms with E-state index in [1.807, 2.05) is 26.0 Å². The number of hydrogen-bond acceptors (Lipinski definition) is 5. The second-order valence-corrected chi connectivity index (χ2v) is 10.6. The molecule has 0 saturated heterocycles. The lowest BCUT2D eigenvalue weighted by atomic mass is 9.88. The maximum Gasteiger partial charge on any atom is 0.251 e. The van der Waals surface area contributed by atoms with E-state index in [-0.39, 0.29) is 54.4 Å². The van der Waals surface area contributed by atoms with Crippen molar-refractivity contribution in [2.45, 2.75) is 65.6 Å². The van der Waals surface area contributed by atoms with Crippen molar-refractivity contribution in [3.8, 4) is 0 Å². The summed E-state index contributed by atoms with van der Waals surface area (Å²) in [5.41, 5.74) is 2.64. The van der Waals surface area contributed by atoms with E-state index in [0.717, 1.165) is 18.4 Å². The van der Waals surface area contributed by atoms with Crippen molar-refractivity contribution in [1.29, 1.82) is 0 Å². The lowest BCUT2D eigenvalue weighted by Crippen LogP contribution is -2.52. The molecule has 1 aromatic heterocycles. The zero-order valence-corrected chi connectivity index (χ0v) is 21.2. The van der Waals surface area contributed by atoms with Gasteiger partial charge in [0.1, 0.15) is 6.54 Å². The van der Waals surface area contributed by atoms with Gasteiger partial charge in [-0.2, -0.15) is 0 Å². The molecule has 4 rings (SSSR count). The van der Waals surface area contributed by atoms with E-state index < -0.39 is 0 Å². The van der Waals surface area contributed by atoms with E-state index in [1.165, 1.54) is 4.90 Å². The summed E-state index contributed by atoms with van der Waals surface area (Å²) in [4.78, 5) is 46.8. The zero-order chi connectivity index (χ0) is 25.3. The first-order valence-corrected chi connectivity index (χ1v) is 12.3. The van der Waals surface area contributed by atoms with Gasteiger partial charge in [-0.1, -0.05) is 26.8 Å². The zero-order valence-electron chi connectivity index (χ0n) is 21.2. The van der Waals surface area contributed by atoms with Crippen LogP contribution in [0.25, 0.3) is 0 Å². The molecule has 0 spiro atoms. The Kier molecular flexibility index (Phi) is 6.94. The number of amides is 3. The van der Waals surface area contributed by atoms with Gasteiger partial charge in [-0.3, -0.25) is 24.3 Å². The van der Waals surface area contributed by atoms with Crippen molar-refractivity contribution in [1.82, 2.24) is 15.6 Å². The van der Waals surface area contributed by atoms with Gasteiger partial charge in [0.05, 0.1) is 24.0 Å². The number of hydrogen-bond donors (Lipinski definition) is 2. The predicted octanol–water partition coefficient (Wildman–Crippen LogP) is 3.44. The standard InChI is InChI=1S/C27H35N5O3/c1-17(20-7-6-12-28-14-20)30-26(35)19-8-11-22-23(13-19)31(16-25(34)32(22)21-9-10-21)24(33)15-29-18(2)27(3,4)5/h6-8,11-14,17-18,21,29H,9-10,15-16H2,1-5H3,(H,30,35). The maximum atomic E-state index is 13.3. The minimum absolute atomic E-state index is 0.00506. The molecule has 1 aliphatic heterocycles. The largest absolute Gasteiger partial charge is 0.345 e. The van der Waals surface area contributed by atoms with Gasteiger partial charge in [0.2, 0.25) is 11.8 Å². The van der Waals surface area contributed by atoms with Gasteiger partial charge in [0.15, 0.2) is 0 Å². The van der Waals surface area contributed by atoms with Gasteiger partial charge in [-0.05, 0) is 61.9 Å². The van der Waals surface area contributed by atoms with Crippen LogP contribution in [0.1, 0.15) is 69.4 Å². The van der Waals surface area contributed by atoms with Crippen LogP contribution in [0, 0.1) is 5.41 Å². The Labute approximate surface area is 207 Å². The Balaban J connectivity index is 1.58. The topological polar surface area (TPSA) is 94.6 Å². The van der Waals surface area contributed by atoms with Gasteiger partial charge >= 0.3 is 0 Å². The molecular weight excluding hydrogens is 442 g/mol. The average Bonchev–Trinajstić information content (AvgIpc) is 3.66. The van der Waals surface area contributed by atoms with Gasteiger partial charge in [0.25, 0.3) is 5.91 Å². The Morgan fingerprint density at radius 2 is 1.89 bits per heavy atom. The minimum Gasteiger partial charge on any atom is -0.345 e. The molecule has 8 nitrogen and oxygen atoms in total. The molecule has 186 valence electrons. The summed E-state index contributed by atoms with van der Waals surface area (Å²) in [6.07, 6.45) is 5.32. The van der Waals surface area contributed by atoms with Crippen molar-refractivity contribution in [2.24, 2.45) is 5.41 Å². The van der Waals surface area contributed by atoms with Gasteiger partial charge in [0, 0.05) is 30.0 Å². The fraction of sp³-hybridized carbons (Fsp3) is 0.481. The molecule has 1 fully saturated rings. The van der Waals surface area contributed by atoms with Gasteiger partial charge in [-0.25, -0.2) is 0 Å². The van der Waals surface area contributed by atoms with Crippen molar-refractivity contribution in [3.63, 3.8) is 0 Å². The lowest BCUT2D eigenvalue weighted by Gasteiger charge is -2.37. The Hall–Kier alpha value is -3.26. The number of nitrogens with one attached hydrogen (secondary N) is 2. The number of nitrogens with zero attached hydrogens (tertiary/aromatic N) is 3. The second kappa shape index (κ2) is 9.77. The van der Waals surface area contributed by atoms with E-state index >= 15 is 0 Å². The van der Waals surface area contributed by atoms with Crippen LogP contribution in [0.4, 0.5) is 11.4 Å². The van der Waals surface area contributed by atoms with E-state index in [1.54, 1.807) is 35.5 Å². The molecule has 0 radical (unpaired) electrons. The Morgan fingerprint density at radius 3 is 2.51 bits per heavy atom. The number of fused-ring (bicyclic) bond motifs is 1. The molecule has 2 atom stereocenters. The highest BCUT2D eigenvalue weighted by molar-refractivity contribution is 6.13. The van der Waals surface area contributed by atoms with Crippen molar-refractivity contribution in [2.75, 3.05) is 22.9 Å². The van der Waals surface area contributed by atoms with Crippen LogP contribution in [0.5, 0.6) is 0 Å². The van der Waals surface area contributed by atoms with E-state index in [4.69, 9.17) is 0 Å². The third-order valence-corrected chi connectivity index (χ3v) is 6.95. The highest BCUT2D eigenvalue weighted by Crippen LogP contribution is 2.41. The molecule has 8 heteroatoms. The summed E-state index contributed by atoms with van der Waals surface area (Å²) in [6, 6.07) is 9.04. The third kappa shape index (κ3) is 5.53. The number of aromatic nitrogens is 1. The maximum absolute atomic E-state index is 13.3. The molecule has 2 aromatic rings. The van der Waals surface area contributed by atoms with Crippen molar-refractivity contribution >= 4 is 29.1 Å². The summed E-state index contributed by atoms with van der Waals surface area (Å²) in [5.74, 6) is -0.516. The van der Waals surface area contributed by atoms with Gasteiger partial charge < -0.3 is 15.5 Å². The van der Waals surface area contributed by atoms with E-state index in [0.29, 0.717) is 16.9 Å². The number of anilines is 2. The summed E-state index contributed by atoms with van der Waals surface area (Å²) < 4.78 is 0. The third-order valence-electron chi connectivity index (χ3n) is 6.95. The quantitative estimate of drug-likeness (QED) is 0.637. The molecule has 2 N–H and O–H groups in total. The number of pyridine rings is 1. The highest BCUT2D eigenvalue weighted by Gasteiger charge is 2.41.